The molecule has 2 aliphatic rings. The zero-order valence-electron chi connectivity index (χ0n) is 9.98. The number of hydrogen-bond donors (Lipinski definition) is 1. The van der Waals surface area contributed by atoms with E-state index in [9.17, 15) is 9.90 Å². The van der Waals surface area contributed by atoms with Crippen molar-refractivity contribution in [1.82, 2.24) is 0 Å². The molecule has 1 spiro atoms. The highest BCUT2D eigenvalue weighted by molar-refractivity contribution is 5.94. The van der Waals surface area contributed by atoms with Gasteiger partial charge in [0.1, 0.15) is 6.10 Å². The molecule has 1 aliphatic carbocycles. The van der Waals surface area contributed by atoms with Gasteiger partial charge >= 0.3 is 0 Å². The molecular weight excluding hydrogens is 204 g/mol. The zero-order valence-corrected chi connectivity index (χ0v) is 9.98. The molecule has 3 heteroatoms. The molecule has 0 bridgehead atoms. The molecule has 1 N–H and O–H groups in total. The largest absolute Gasteiger partial charge is 0.393 e. The van der Waals surface area contributed by atoms with Gasteiger partial charge in [0, 0.05) is 6.42 Å². The van der Waals surface area contributed by atoms with Crippen LogP contribution in [0.15, 0.2) is 12.2 Å². The summed E-state index contributed by atoms with van der Waals surface area (Å²) >= 11 is 0. The van der Waals surface area contributed by atoms with E-state index < -0.39 is 0 Å². The lowest BCUT2D eigenvalue weighted by molar-refractivity contribution is -0.154. The monoisotopic (exact) mass is 224 g/mol. The molecule has 2 rings (SSSR count). The first-order valence-corrected chi connectivity index (χ1v) is 6.11. The number of hydrogen-bond acceptors (Lipinski definition) is 3. The van der Waals surface area contributed by atoms with Gasteiger partial charge in [-0.05, 0) is 37.3 Å². The van der Waals surface area contributed by atoms with Crippen LogP contribution < -0.4 is 0 Å². The van der Waals surface area contributed by atoms with Crippen LogP contribution in [0.25, 0.3) is 0 Å². The average molecular weight is 224 g/mol. The Bertz CT molecular complexity index is 308. The topological polar surface area (TPSA) is 46.5 Å². The van der Waals surface area contributed by atoms with E-state index in [0.717, 1.165) is 19.3 Å². The fourth-order valence-electron chi connectivity index (χ4n) is 2.64. The predicted octanol–water partition coefficient (Wildman–Crippen LogP) is 1.84. The van der Waals surface area contributed by atoms with Gasteiger partial charge in [-0.3, -0.25) is 4.79 Å². The molecule has 1 saturated carbocycles. The molecule has 3 nitrogen and oxygen atoms in total. The number of aliphatic hydroxyl groups excluding tert-OH is 1. The summed E-state index contributed by atoms with van der Waals surface area (Å²) < 4.78 is 5.96. The lowest BCUT2D eigenvalue weighted by Gasteiger charge is -2.42. The summed E-state index contributed by atoms with van der Waals surface area (Å²) in [5.41, 5.74) is -0.388. The zero-order chi connectivity index (χ0) is 11.8. The number of ether oxygens (including phenoxy) is 1. The minimum atomic E-state index is -0.388. The highest BCUT2D eigenvalue weighted by Crippen LogP contribution is 2.37. The van der Waals surface area contributed by atoms with Gasteiger partial charge in [-0.25, -0.2) is 0 Å². The van der Waals surface area contributed by atoms with Gasteiger partial charge in [-0.15, -0.1) is 0 Å². The van der Waals surface area contributed by atoms with Gasteiger partial charge in [0.25, 0.3) is 0 Å². The molecule has 3 unspecified atom stereocenters. The molecular formula is C13H20O3. The van der Waals surface area contributed by atoms with E-state index in [-0.39, 0.29) is 29.5 Å². The average Bonchev–Trinajstić information content (AvgIpc) is 2.22. The molecule has 1 fully saturated rings. The molecule has 0 aromatic rings. The number of carbonyl (C=O) groups is 1. The summed E-state index contributed by atoms with van der Waals surface area (Å²) in [5, 5.41) is 9.72. The SMILES string of the molecule is CC(C)C1OC2(C=CC1=O)CCCC(O)C2. The third kappa shape index (κ3) is 2.20. The molecule has 0 aromatic heterocycles. The van der Waals surface area contributed by atoms with Crippen molar-refractivity contribution in [2.24, 2.45) is 5.92 Å². The number of rotatable bonds is 1. The first-order chi connectivity index (χ1) is 7.52. The minimum Gasteiger partial charge on any atom is -0.393 e. The number of carbonyl (C=O) groups excluding carboxylic acids is 1. The summed E-state index contributed by atoms with van der Waals surface area (Å²) in [5.74, 6) is 0.245. The van der Waals surface area contributed by atoms with E-state index in [4.69, 9.17) is 4.74 Å². The van der Waals surface area contributed by atoms with Crippen molar-refractivity contribution >= 4 is 5.78 Å². The maximum absolute atomic E-state index is 11.7. The lowest BCUT2D eigenvalue weighted by Crippen LogP contribution is -2.47. The van der Waals surface area contributed by atoms with E-state index in [1.54, 1.807) is 6.08 Å². The van der Waals surface area contributed by atoms with Crippen molar-refractivity contribution in [2.45, 2.75) is 57.3 Å². The minimum absolute atomic E-state index is 0.0562. The normalized spacial score (nSPS) is 39.6. The smallest absolute Gasteiger partial charge is 0.184 e. The molecule has 1 aliphatic heterocycles. The van der Waals surface area contributed by atoms with E-state index in [2.05, 4.69) is 0 Å². The number of ketones is 1. The van der Waals surface area contributed by atoms with Crippen LogP contribution in [0.4, 0.5) is 0 Å². The van der Waals surface area contributed by atoms with Crippen molar-refractivity contribution in [2.75, 3.05) is 0 Å². The summed E-state index contributed by atoms with van der Waals surface area (Å²) in [6, 6.07) is 0. The van der Waals surface area contributed by atoms with Crippen LogP contribution in [-0.4, -0.2) is 28.7 Å². The Morgan fingerprint density at radius 1 is 1.56 bits per heavy atom. The summed E-state index contributed by atoms with van der Waals surface area (Å²) in [7, 11) is 0. The standard InChI is InChI=1S/C13H20O3/c1-9(2)12-11(15)5-7-13(16-12)6-3-4-10(14)8-13/h5,7,9-10,12,14H,3-4,6,8H2,1-2H3. The van der Waals surface area contributed by atoms with Crippen molar-refractivity contribution in [3.8, 4) is 0 Å². The molecule has 1 heterocycles. The third-order valence-corrected chi connectivity index (χ3v) is 3.52. The molecule has 90 valence electrons. The second-order valence-electron chi connectivity index (χ2n) is 5.33. The van der Waals surface area contributed by atoms with Crippen LogP contribution in [0, 0.1) is 5.92 Å². The Kier molecular flexibility index (Phi) is 3.17. The highest BCUT2D eigenvalue weighted by atomic mass is 16.5. The van der Waals surface area contributed by atoms with Crippen LogP contribution in [0.5, 0.6) is 0 Å². The summed E-state index contributed by atoms with van der Waals surface area (Å²) in [4.78, 5) is 11.7. The predicted molar refractivity (Wildman–Crippen MR) is 61.1 cm³/mol. The van der Waals surface area contributed by atoms with Gasteiger partial charge in [-0.1, -0.05) is 13.8 Å². The van der Waals surface area contributed by atoms with Crippen molar-refractivity contribution in [3.63, 3.8) is 0 Å². The number of aliphatic hydroxyl groups is 1. The van der Waals surface area contributed by atoms with Gasteiger partial charge in [0.15, 0.2) is 5.78 Å². The van der Waals surface area contributed by atoms with Gasteiger partial charge < -0.3 is 9.84 Å². The van der Waals surface area contributed by atoms with E-state index in [0.29, 0.717) is 6.42 Å². The molecule has 3 atom stereocenters. The first-order valence-electron chi connectivity index (χ1n) is 6.11. The lowest BCUT2D eigenvalue weighted by atomic mass is 9.80. The second kappa shape index (κ2) is 4.30. The van der Waals surface area contributed by atoms with Gasteiger partial charge in [0.05, 0.1) is 11.7 Å². The Morgan fingerprint density at radius 2 is 2.31 bits per heavy atom. The first kappa shape index (κ1) is 11.8. The van der Waals surface area contributed by atoms with Crippen LogP contribution >= 0.6 is 0 Å². The maximum atomic E-state index is 11.7. The molecule has 0 amide bonds. The Balaban J connectivity index is 2.17. The quantitative estimate of drug-likeness (QED) is 0.739. The van der Waals surface area contributed by atoms with Crippen molar-refractivity contribution < 1.29 is 14.6 Å². The van der Waals surface area contributed by atoms with Crippen molar-refractivity contribution in [1.29, 1.82) is 0 Å². The van der Waals surface area contributed by atoms with Crippen LogP contribution in [0.2, 0.25) is 0 Å². The summed E-state index contributed by atoms with van der Waals surface area (Å²) in [6.45, 7) is 3.99. The Hall–Kier alpha value is -0.670. The molecule has 0 aromatic carbocycles. The van der Waals surface area contributed by atoms with Gasteiger partial charge in [0.2, 0.25) is 0 Å². The Morgan fingerprint density at radius 3 is 2.94 bits per heavy atom. The molecule has 16 heavy (non-hydrogen) atoms. The van der Waals surface area contributed by atoms with Crippen molar-refractivity contribution in [3.05, 3.63) is 12.2 Å². The molecule has 0 radical (unpaired) electrons. The molecule has 0 saturated heterocycles. The van der Waals surface area contributed by atoms with Crippen LogP contribution in [0.3, 0.4) is 0 Å². The van der Waals surface area contributed by atoms with E-state index in [1.165, 1.54) is 0 Å². The maximum Gasteiger partial charge on any atom is 0.184 e. The fraction of sp³-hybridized carbons (Fsp3) is 0.769. The van der Waals surface area contributed by atoms with Crippen LogP contribution in [-0.2, 0) is 9.53 Å². The van der Waals surface area contributed by atoms with Gasteiger partial charge in [-0.2, -0.15) is 0 Å². The van der Waals surface area contributed by atoms with Crippen LogP contribution in [0.1, 0.15) is 39.5 Å². The Labute approximate surface area is 96.5 Å². The second-order valence-corrected chi connectivity index (χ2v) is 5.33. The fourth-order valence-corrected chi connectivity index (χ4v) is 2.64. The highest BCUT2D eigenvalue weighted by Gasteiger charge is 2.41. The summed E-state index contributed by atoms with van der Waals surface area (Å²) in [6.07, 6.45) is 6.22. The third-order valence-electron chi connectivity index (χ3n) is 3.52. The van der Waals surface area contributed by atoms with E-state index >= 15 is 0 Å². The van der Waals surface area contributed by atoms with E-state index in [1.807, 2.05) is 19.9 Å².